The number of rotatable bonds is 3. The molecule has 0 saturated carbocycles. The minimum absolute atomic E-state index is 0.0283. The van der Waals surface area contributed by atoms with Gasteiger partial charge in [-0.05, 0) is 42.5 Å². The van der Waals surface area contributed by atoms with Crippen LogP contribution in [0.2, 0.25) is 0 Å². The van der Waals surface area contributed by atoms with Crippen molar-refractivity contribution in [1.29, 1.82) is 0 Å². The predicted octanol–water partition coefficient (Wildman–Crippen LogP) is 2.12. The van der Waals surface area contributed by atoms with E-state index in [1.807, 2.05) is 6.07 Å². The molecule has 7 heteroatoms. The highest BCUT2D eigenvalue weighted by Crippen LogP contribution is 2.16. The Hall–Kier alpha value is -2.57. The fourth-order valence-corrected chi connectivity index (χ4v) is 3.05. The Morgan fingerprint density at radius 1 is 1.38 bits per heavy atom. The molecule has 3 amide bonds. The molecule has 128 valence electrons. The van der Waals surface area contributed by atoms with Crippen LogP contribution in [0, 0.1) is 5.82 Å². The molecule has 1 aliphatic rings. The molecule has 1 aromatic carbocycles. The number of fused-ring (bicyclic) bond motifs is 1. The predicted molar refractivity (Wildman–Crippen MR) is 88.9 cm³/mol. The van der Waals surface area contributed by atoms with Gasteiger partial charge < -0.3 is 20.5 Å². The quantitative estimate of drug-likeness (QED) is 0.805. The molecular weight excluding hydrogens is 311 g/mol. The Morgan fingerprint density at radius 3 is 3.00 bits per heavy atom. The van der Waals surface area contributed by atoms with E-state index >= 15 is 0 Å². The van der Waals surface area contributed by atoms with E-state index in [0.717, 1.165) is 30.5 Å². The van der Waals surface area contributed by atoms with Gasteiger partial charge in [0.25, 0.3) is 0 Å². The van der Waals surface area contributed by atoms with Gasteiger partial charge in [-0.25, -0.2) is 9.18 Å². The summed E-state index contributed by atoms with van der Waals surface area (Å²) in [4.78, 5) is 28.3. The number of likely N-dealkylation sites (tertiary alicyclic amines) is 1. The third-order valence-electron chi connectivity index (χ3n) is 4.28. The SMILES string of the molecule is CC(=O)N1CCC[C@@H](NC(=O)NCc2cc3ccc(F)cc3[nH]2)C1. The molecule has 3 N–H and O–H groups in total. The van der Waals surface area contributed by atoms with Crippen LogP contribution in [0.1, 0.15) is 25.5 Å². The number of urea groups is 1. The van der Waals surface area contributed by atoms with Crippen molar-refractivity contribution in [2.24, 2.45) is 0 Å². The number of nitrogens with one attached hydrogen (secondary N) is 3. The van der Waals surface area contributed by atoms with Gasteiger partial charge in [-0.1, -0.05) is 0 Å². The van der Waals surface area contributed by atoms with Crippen molar-refractivity contribution >= 4 is 22.8 Å². The number of aromatic amines is 1. The smallest absolute Gasteiger partial charge is 0.315 e. The van der Waals surface area contributed by atoms with Gasteiger partial charge >= 0.3 is 6.03 Å². The first-order valence-electron chi connectivity index (χ1n) is 8.08. The van der Waals surface area contributed by atoms with Gasteiger partial charge in [0.1, 0.15) is 5.82 Å². The lowest BCUT2D eigenvalue weighted by Gasteiger charge is -2.32. The second-order valence-electron chi connectivity index (χ2n) is 6.16. The number of nitrogens with zero attached hydrogens (tertiary/aromatic N) is 1. The average Bonchev–Trinajstić information content (AvgIpc) is 2.95. The van der Waals surface area contributed by atoms with Crippen LogP contribution in [0.3, 0.4) is 0 Å². The third-order valence-corrected chi connectivity index (χ3v) is 4.28. The zero-order valence-electron chi connectivity index (χ0n) is 13.6. The second kappa shape index (κ2) is 6.90. The number of amides is 3. The maximum absolute atomic E-state index is 13.2. The van der Waals surface area contributed by atoms with Gasteiger partial charge in [0.2, 0.25) is 5.91 Å². The number of halogens is 1. The molecule has 3 rings (SSSR count). The van der Waals surface area contributed by atoms with Gasteiger partial charge in [0.15, 0.2) is 0 Å². The molecule has 0 bridgehead atoms. The maximum atomic E-state index is 13.2. The first-order valence-corrected chi connectivity index (χ1v) is 8.08. The van der Waals surface area contributed by atoms with Crippen LogP contribution >= 0.6 is 0 Å². The highest BCUT2D eigenvalue weighted by molar-refractivity contribution is 5.80. The lowest BCUT2D eigenvalue weighted by atomic mass is 10.1. The van der Waals surface area contributed by atoms with Crippen LogP contribution < -0.4 is 10.6 Å². The van der Waals surface area contributed by atoms with E-state index in [-0.39, 0.29) is 23.8 Å². The number of aromatic nitrogens is 1. The lowest BCUT2D eigenvalue weighted by Crippen LogP contribution is -2.51. The number of carbonyl (C=O) groups is 2. The van der Waals surface area contributed by atoms with Crippen molar-refractivity contribution in [2.75, 3.05) is 13.1 Å². The molecule has 1 saturated heterocycles. The Morgan fingerprint density at radius 2 is 2.21 bits per heavy atom. The van der Waals surface area contributed by atoms with Crippen LogP contribution in [-0.4, -0.2) is 41.0 Å². The van der Waals surface area contributed by atoms with Crippen molar-refractivity contribution in [3.8, 4) is 0 Å². The van der Waals surface area contributed by atoms with Crippen molar-refractivity contribution in [2.45, 2.75) is 32.4 Å². The number of piperidine rings is 1. The van der Waals surface area contributed by atoms with Gasteiger partial charge in [-0.3, -0.25) is 4.79 Å². The summed E-state index contributed by atoms with van der Waals surface area (Å²) in [5.41, 5.74) is 1.51. The first-order chi connectivity index (χ1) is 11.5. The van der Waals surface area contributed by atoms with Crippen molar-refractivity contribution < 1.29 is 14.0 Å². The molecule has 2 aromatic rings. The first kappa shape index (κ1) is 16.3. The van der Waals surface area contributed by atoms with Crippen LogP contribution in [0.4, 0.5) is 9.18 Å². The number of hydrogen-bond acceptors (Lipinski definition) is 2. The van der Waals surface area contributed by atoms with E-state index in [4.69, 9.17) is 0 Å². The Labute approximate surface area is 139 Å². The maximum Gasteiger partial charge on any atom is 0.315 e. The lowest BCUT2D eigenvalue weighted by molar-refractivity contribution is -0.130. The summed E-state index contributed by atoms with van der Waals surface area (Å²) in [7, 11) is 0. The summed E-state index contributed by atoms with van der Waals surface area (Å²) >= 11 is 0. The molecule has 1 aliphatic heterocycles. The zero-order chi connectivity index (χ0) is 17.1. The molecule has 1 aromatic heterocycles. The largest absolute Gasteiger partial charge is 0.357 e. The molecule has 2 heterocycles. The third kappa shape index (κ3) is 3.84. The second-order valence-corrected chi connectivity index (χ2v) is 6.16. The van der Waals surface area contributed by atoms with E-state index in [9.17, 15) is 14.0 Å². The topological polar surface area (TPSA) is 77.2 Å². The van der Waals surface area contributed by atoms with E-state index in [1.54, 1.807) is 17.9 Å². The average molecular weight is 332 g/mol. The van der Waals surface area contributed by atoms with Gasteiger partial charge in [-0.2, -0.15) is 0 Å². The highest BCUT2D eigenvalue weighted by atomic mass is 19.1. The summed E-state index contributed by atoms with van der Waals surface area (Å²) in [5.74, 6) is -0.263. The number of carbonyl (C=O) groups excluding carboxylic acids is 2. The highest BCUT2D eigenvalue weighted by Gasteiger charge is 2.22. The molecule has 0 spiro atoms. The van der Waals surface area contributed by atoms with Gasteiger partial charge in [0.05, 0.1) is 6.54 Å². The summed E-state index contributed by atoms with van der Waals surface area (Å²) in [6, 6.07) is 6.12. The van der Waals surface area contributed by atoms with Crippen LogP contribution in [-0.2, 0) is 11.3 Å². The molecule has 6 nitrogen and oxygen atoms in total. The van der Waals surface area contributed by atoms with E-state index in [1.165, 1.54) is 12.1 Å². The van der Waals surface area contributed by atoms with E-state index < -0.39 is 0 Å². The monoisotopic (exact) mass is 332 g/mol. The molecule has 0 radical (unpaired) electrons. The van der Waals surface area contributed by atoms with Crippen molar-refractivity contribution in [3.63, 3.8) is 0 Å². The molecular formula is C17H21FN4O2. The summed E-state index contributed by atoms with van der Waals surface area (Å²) in [6.07, 6.45) is 1.75. The van der Waals surface area contributed by atoms with Crippen LogP contribution in [0.15, 0.2) is 24.3 Å². The van der Waals surface area contributed by atoms with Gasteiger partial charge in [0, 0.05) is 37.3 Å². The Bertz CT molecular complexity index is 758. The van der Waals surface area contributed by atoms with Crippen LogP contribution in [0.25, 0.3) is 10.9 Å². The summed E-state index contributed by atoms with van der Waals surface area (Å²) < 4.78 is 13.2. The Kier molecular flexibility index (Phi) is 4.69. The van der Waals surface area contributed by atoms with Crippen LogP contribution in [0.5, 0.6) is 0 Å². The van der Waals surface area contributed by atoms with Gasteiger partial charge in [-0.15, -0.1) is 0 Å². The Balaban J connectivity index is 1.52. The summed E-state index contributed by atoms with van der Waals surface area (Å²) in [6.45, 7) is 3.17. The molecule has 0 aliphatic carbocycles. The number of benzene rings is 1. The minimum atomic E-state index is -0.297. The van der Waals surface area contributed by atoms with Crippen molar-refractivity contribution in [1.82, 2.24) is 20.5 Å². The fourth-order valence-electron chi connectivity index (χ4n) is 3.05. The molecule has 0 unspecified atom stereocenters. The minimum Gasteiger partial charge on any atom is -0.357 e. The normalized spacial score (nSPS) is 17.8. The van der Waals surface area contributed by atoms with Crippen molar-refractivity contribution in [3.05, 3.63) is 35.8 Å². The molecule has 24 heavy (non-hydrogen) atoms. The molecule has 1 atom stereocenters. The van der Waals surface area contributed by atoms with E-state index in [0.29, 0.717) is 18.6 Å². The molecule has 1 fully saturated rings. The number of hydrogen-bond donors (Lipinski definition) is 3. The number of H-pyrrole nitrogens is 1. The zero-order valence-corrected chi connectivity index (χ0v) is 13.6. The fraction of sp³-hybridized carbons (Fsp3) is 0.412. The standard InChI is InChI=1S/C17H21FN4O2/c1-11(23)22-6-2-3-14(10-22)21-17(24)19-9-15-7-12-4-5-13(18)8-16(12)20-15/h4-5,7-8,14,20H,2-3,6,9-10H2,1H3,(H2,19,21,24)/t14-/m1/s1. The summed E-state index contributed by atoms with van der Waals surface area (Å²) in [5, 5.41) is 6.59. The van der Waals surface area contributed by atoms with E-state index in [2.05, 4.69) is 15.6 Å².